The molecule has 0 heterocycles. The van der Waals surface area contributed by atoms with Gasteiger partial charge in [0.2, 0.25) is 0 Å². The van der Waals surface area contributed by atoms with E-state index in [1.807, 2.05) is 0 Å². The van der Waals surface area contributed by atoms with Crippen molar-refractivity contribution in [2.24, 2.45) is 17.8 Å². The van der Waals surface area contributed by atoms with Crippen molar-refractivity contribution in [3.63, 3.8) is 0 Å². The van der Waals surface area contributed by atoms with Crippen molar-refractivity contribution < 1.29 is 18.3 Å². The molecule has 0 radical (unpaired) electrons. The number of hydrogen-bond donors (Lipinski definition) is 0. The highest BCUT2D eigenvalue weighted by molar-refractivity contribution is 5.91. The predicted octanol–water partition coefficient (Wildman–Crippen LogP) is 6.89. The molecule has 2 aliphatic rings. The van der Waals surface area contributed by atoms with Crippen molar-refractivity contribution in [3.8, 4) is 5.75 Å². The smallest absolute Gasteiger partial charge is 0.343 e. The van der Waals surface area contributed by atoms with Gasteiger partial charge in [-0.05, 0) is 97.7 Å². The summed E-state index contributed by atoms with van der Waals surface area (Å²) in [6.07, 6.45) is 8.44. The highest BCUT2D eigenvalue weighted by atomic mass is 19.1. The van der Waals surface area contributed by atoms with Gasteiger partial charge in [-0.1, -0.05) is 25.8 Å². The summed E-state index contributed by atoms with van der Waals surface area (Å²) in [4.78, 5) is 12.3. The molecule has 0 spiro atoms. The third-order valence-electron chi connectivity index (χ3n) is 7.00. The number of hydrogen-bond acceptors (Lipinski definition) is 2. The molecule has 2 aromatic carbocycles. The Morgan fingerprint density at radius 3 is 2.41 bits per heavy atom. The molecule has 0 aromatic heterocycles. The molecule has 4 heteroatoms. The fourth-order valence-corrected chi connectivity index (χ4v) is 5.29. The van der Waals surface area contributed by atoms with Gasteiger partial charge in [-0.2, -0.15) is 0 Å². The molecule has 0 amide bonds. The maximum absolute atomic E-state index is 14.9. The minimum atomic E-state index is -0.636. The predicted molar refractivity (Wildman–Crippen MR) is 109 cm³/mol. The van der Waals surface area contributed by atoms with Crippen molar-refractivity contribution in [3.05, 3.63) is 65.2 Å². The van der Waals surface area contributed by atoms with Crippen molar-refractivity contribution >= 4 is 5.97 Å². The van der Waals surface area contributed by atoms with Crippen LogP contribution >= 0.6 is 0 Å². The molecule has 0 bridgehead atoms. The number of fused-ring (bicyclic) bond motifs is 1. The minimum absolute atomic E-state index is 0.174. The zero-order valence-corrected chi connectivity index (χ0v) is 16.9. The maximum atomic E-state index is 14.9. The topological polar surface area (TPSA) is 26.3 Å². The number of carbonyl (C=O) groups is 1. The molecule has 0 saturated heterocycles. The van der Waals surface area contributed by atoms with Gasteiger partial charge in [0.1, 0.15) is 17.4 Å². The summed E-state index contributed by atoms with van der Waals surface area (Å²) < 4.78 is 33.1. The number of rotatable bonds is 4. The van der Waals surface area contributed by atoms with Crippen LogP contribution in [-0.4, -0.2) is 5.97 Å². The Morgan fingerprint density at radius 2 is 1.69 bits per heavy atom. The van der Waals surface area contributed by atoms with Crippen LogP contribution in [0.2, 0.25) is 0 Å². The molecule has 2 saturated carbocycles. The molecule has 4 atom stereocenters. The zero-order chi connectivity index (χ0) is 20.4. The Bertz CT molecular complexity index is 862. The van der Waals surface area contributed by atoms with E-state index >= 15 is 0 Å². The molecule has 0 N–H and O–H groups in total. The van der Waals surface area contributed by atoms with Gasteiger partial charge in [0.25, 0.3) is 0 Å². The molecule has 29 heavy (non-hydrogen) atoms. The Kier molecular flexibility index (Phi) is 5.98. The lowest BCUT2D eigenvalue weighted by Crippen LogP contribution is -2.30. The van der Waals surface area contributed by atoms with E-state index in [0.717, 1.165) is 30.2 Å². The van der Waals surface area contributed by atoms with Crippen molar-refractivity contribution in [2.45, 2.75) is 57.8 Å². The van der Waals surface area contributed by atoms with Gasteiger partial charge in [0.15, 0.2) is 0 Å². The quantitative estimate of drug-likeness (QED) is 0.414. The van der Waals surface area contributed by atoms with Gasteiger partial charge in [0.05, 0.1) is 5.56 Å². The monoisotopic (exact) mass is 398 g/mol. The van der Waals surface area contributed by atoms with Crippen LogP contribution in [0.1, 0.15) is 73.7 Å². The summed E-state index contributed by atoms with van der Waals surface area (Å²) in [5.41, 5.74) is 0.895. The Labute approximate surface area is 171 Å². The first-order chi connectivity index (χ1) is 14.0. The maximum Gasteiger partial charge on any atom is 0.343 e. The Balaban J connectivity index is 1.42. The van der Waals surface area contributed by atoms with Gasteiger partial charge >= 0.3 is 5.97 Å². The van der Waals surface area contributed by atoms with Crippen LogP contribution in [0.25, 0.3) is 0 Å². The number of benzene rings is 2. The van der Waals surface area contributed by atoms with Gasteiger partial charge < -0.3 is 4.74 Å². The first-order valence-electron chi connectivity index (χ1n) is 10.8. The average Bonchev–Trinajstić information content (AvgIpc) is 2.74. The van der Waals surface area contributed by atoms with Crippen LogP contribution in [0.3, 0.4) is 0 Å². The lowest BCUT2D eigenvalue weighted by molar-refractivity contribution is 0.0734. The van der Waals surface area contributed by atoms with Crippen LogP contribution in [0.4, 0.5) is 8.78 Å². The molecule has 4 rings (SSSR count). The van der Waals surface area contributed by atoms with Crippen LogP contribution in [0, 0.1) is 29.4 Å². The second-order valence-electron chi connectivity index (χ2n) is 8.70. The third kappa shape index (κ3) is 4.52. The van der Waals surface area contributed by atoms with Crippen molar-refractivity contribution in [1.82, 2.24) is 0 Å². The van der Waals surface area contributed by atoms with E-state index in [4.69, 9.17) is 4.74 Å². The number of carbonyl (C=O) groups excluding carboxylic acids is 1. The Hall–Kier alpha value is -2.23. The normalized spacial score (nSPS) is 26.6. The SMILES string of the molecule is CCC1CCC2CC(c3ccc(C(=O)Oc4ccc(F)cc4)cc3F)CCC2C1. The standard InChI is InChI=1S/C25H28F2O2/c1-2-16-3-4-18-14-19(6-5-17(18)13-16)23-12-7-20(15-24(23)27)25(28)29-22-10-8-21(26)9-11-22/h7-12,15-19H,2-6,13-14H2,1H3. The van der Waals surface area contributed by atoms with Gasteiger partial charge in [-0.15, -0.1) is 0 Å². The van der Waals surface area contributed by atoms with Crippen molar-refractivity contribution in [2.75, 3.05) is 0 Å². The summed E-state index contributed by atoms with van der Waals surface area (Å²) >= 11 is 0. The first kappa shape index (κ1) is 20.1. The molecule has 2 nitrogen and oxygen atoms in total. The fraction of sp³-hybridized carbons (Fsp3) is 0.480. The molecule has 4 unspecified atom stereocenters. The molecular weight excluding hydrogens is 370 g/mol. The van der Waals surface area contributed by atoms with Crippen LogP contribution in [0.5, 0.6) is 5.75 Å². The average molecular weight is 398 g/mol. The van der Waals surface area contributed by atoms with E-state index in [1.54, 1.807) is 12.1 Å². The summed E-state index contributed by atoms with van der Waals surface area (Å²) in [6, 6.07) is 9.87. The minimum Gasteiger partial charge on any atom is -0.423 e. The first-order valence-corrected chi connectivity index (χ1v) is 10.8. The van der Waals surface area contributed by atoms with E-state index in [-0.39, 0.29) is 23.0 Å². The van der Waals surface area contributed by atoms with E-state index in [9.17, 15) is 13.6 Å². The van der Waals surface area contributed by atoms with E-state index < -0.39 is 11.8 Å². The lowest BCUT2D eigenvalue weighted by atomic mass is 9.63. The fourth-order valence-electron chi connectivity index (χ4n) is 5.29. The molecular formula is C25H28F2O2. The highest BCUT2D eigenvalue weighted by Gasteiger charge is 2.36. The number of ether oxygens (including phenoxy) is 1. The van der Waals surface area contributed by atoms with Crippen LogP contribution < -0.4 is 4.74 Å². The van der Waals surface area contributed by atoms with Crippen LogP contribution in [0.15, 0.2) is 42.5 Å². The van der Waals surface area contributed by atoms with Gasteiger partial charge in [-0.25, -0.2) is 13.6 Å². The molecule has 2 fully saturated rings. The van der Waals surface area contributed by atoms with Gasteiger partial charge in [-0.3, -0.25) is 0 Å². The number of esters is 1. The summed E-state index contributed by atoms with van der Waals surface area (Å²) in [7, 11) is 0. The van der Waals surface area contributed by atoms with E-state index in [0.29, 0.717) is 5.92 Å². The Morgan fingerprint density at radius 1 is 0.966 bits per heavy atom. The summed E-state index contributed by atoms with van der Waals surface area (Å²) in [6.45, 7) is 2.29. The second-order valence-corrected chi connectivity index (χ2v) is 8.70. The third-order valence-corrected chi connectivity index (χ3v) is 7.00. The largest absolute Gasteiger partial charge is 0.423 e. The molecule has 154 valence electrons. The summed E-state index contributed by atoms with van der Waals surface area (Å²) in [5.74, 6) is 1.48. The highest BCUT2D eigenvalue weighted by Crippen LogP contribution is 2.48. The zero-order valence-electron chi connectivity index (χ0n) is 16.9. The van der Waals surface area contributed by atoms with E-state index in [2.05, 4.69) is 6.92 Å². The second kappa shape index (κ2) is 8.64. The van der Waals surface area contributed by atoms with E-state index in [1.165, 1.54) is 62.4 Å². The molecule has 2 aromatic rings. The summed E-state index contributed by atoms with van der Waals surface area (Å²) in [5, 5.41) is 0. The molecule has 2 aliphatic carbocycles. The van der Waals surface area contributed by atoms with Gasteiger partial charge in [0, 0.05) is 0 Å². The lowest BCUT2D eigenvalue weighted by Gasteiger charge is -2.42. The van der Waals surface area contributed by atoms with Crippen molar-refractivity contribution in [1.29, 1.82) is 0 Å². The molecule has 0 aliphatic heterocycles. The number of halogens is 2. The van der Waals surface area contributed by atoms with Crippen LogP contribution in [-0.2, 0) is 0 Å².